The van der Waals surface area contributed by atoms with Gasteiger partial charge in [-0.25, -0.2) is 4.98 Å². The molecule has 1 aromatic carbocycles. The van der Waals surface area contributed by atoms with Gasteiger partial charge in [-0.05, 0) is 35.7 Å². The number of carbonyl (C=O) groups excluding carboxylic acids is 1. The minimum atomic E-state index is 0.0127. The fourth-order valence-corrected chi connectivity index (χ4v) is 2.08. The van der Waals surface area contributed by atoms with Crippen molar-refractivity contribution in [3.8, 4) is 0 Å². The van der Waals surface area contributed by atoms with Crippen LogP contribution in [0.3, 0.4) is 0 Å². The molecule has 0 atom stereocenters. The van der Waals surface area contributed by atoms with Gasteiger partial charge in [0.05, 0.1) is 11.9 Å². The van der Waals surface area contributed by atoms with Gasteiger partial charge in [0.15, 0.2) is 0 Å². The van der Waals surface area contributed by atoms with E-state index in [2.05, 4.69) is 15.6 Å². The van der Waals surface area contributed by atoms with Crippen molar-refractivity contribution in [3.05, 3.63) is 53.2 Å². The van der Waals surface area contributed by atoms with Crippen LogP contribution in [0.5, 0.6) is 0 Å². The summed E-state index contributed by atoms with van der Waals surface area (Å²) >= 11 is 5.85. The zero-order valence-corrected chi connectivity index (χ0v) is 13.5. The summed E-state index contributed by atoms with van der Waals surface area (Å²) in [5.74, 6) is 1.11. The molecule has 0 fully saturated rings. The van der Waals surface area contributed by atoms with Crippen molar-refractivity contribution in [1.82, 2.24) is 4.98 Å². The Morgan fingerprint density at radius 3 is 2.50 bits per heavy atom. The van der Waals surface area contributed by atoms with E-state index in [1.54, 1.807) is 6.20 Å². The van der Waals surface area contributed by atoms with Gasteiger partial charge in [0.25, 0.3) is 0 Å². The van der Waals surface area contributed by atoms with E-state index in [-0.39, 0.29) is 5.91 Å². The third kappa shape index (κ3) is 5.37. The molecule has 0 aliphatic carbocycles. The molecule has 22 heavy (non-hydrogen) atoms. The maximum absolute atomic E-state index is 11.7. The number of hydrogen-bond donors (Lipinski definition) is 2. The molecule has 0 spiro atoms. The first-order chi connectivity index (χ1) is 10.5. The van der Waals surface area contributed by atoms with Gasteiger partial charge in [0.2, 0.25) is 5.91 Å². The van der Waals surface area contributed by atoms with Crippen LogP contribution in [0, 0.1) is 5.92 Å². The summed E-state index contributed by atoms with van der Waals surface area (Å²) in [6.45, 7) is 4.70. The molecule has 2 aromatic rings. The van der Waals surface area contributed by atoms with E-state index in [1.807, 2.05) is 50.2 Å². The lowest BCUT2D eigenvalue weighted by atomic mass is 10.1. The number of benzene rings is 1. The number of hydrogen-bond acceptors (Lipinski definition) is 3. The number of rotatable bonds is 6. The topological polar surface area (TPSA) is 54.0 Å². The maximum atomic E-state index is 11.7. The molecule has 0 bridgehead atoms. The number of nitrogens with one attached hydrogen (secondary N) is 2. The quantitative estimate of drug-likeness (QED) is 0.833. The second-order valence-electron chi connectivity index (χ2n) is 5.56. The highest BCUT2D eigenvalue weighted by Crippen LogP contribution is 2.13. The molecule has 1 aromatic heterocycles. The minimum Gasteiger partial charge on any atom is -0.366 e. The summed E-state index contributed by atoms with van der Waals surface area (Å²) < 4.78 is 0. The second kappa shape index (κ2) is 7.80. The zero-order chi connectivity index (χ0) is 15.9. The highest BCUT2D eigenvalue weighted by atomic mass is 35.5. The second-order valence-corrected chi connectivity index (χ2v) is 5.99. The molecule has 1 amide bonds. The minimum absolute atomic E-state index is 0.0127. The number of pyridine rings is 1. The van der Waals surface area contributed by atoms with Crippen LogP contribution in [-0.4, -0.2) is 10.9 Å². The Balaban J connectivity index is 1.86. The first-order valence-electron chi connectivity index (χ1n) is 7.27. The average Bonchev–Trinajstić information content (AvgIpc) is 2.47. The third-order valence-corrected chi connectivity index (χ3v) is 3.28. The summed E-state index contributed by atoms with van der Waals surface area (Å²) in [7, 11) is 0. The molecule has 5 heteroatoms. The Labute approximate surface area is 135 Å². The lowest BCUT2D eigenvalue weighted by Crippen LogP contribution is -2.14. The monoisotopic (exact) mass is 317 g/mol. The molecule has 1 heterocycles. The Morgan fingerprint density at radius 1 is 1.18 bits per heavy atom. The molecule has 2 rings (SSSR count). The maximum Gasteiger partial charge on any atom is 0.224 e. The van der Waals surface area contributed by atoms with Gasteiger partial charge >= 0.3 is 0 Å². The van der Waals surface area contributed by atoms with Gasteiger partial charge in [-0.15, -0.1) is 0 Å². The number of aromatic nitrogens is 1. The van der Waals surface area contributed by atoms with Gasteiger partial charge in [0.1, 0.15) is 5.82 Å². The van der Waals surface area contributed by atoms with Gasteiger partial charge in [-0.2, -0.15) is 0 Å². The van der Waals surface area contributed by atoms with E-state index in [9.17, 15) is 4.79 Å². The van der Waals surface area contributed by atoms with Crippen molar-refractivity contribution in [2.24, 2.45) is 5.92 Å². The lowest BCUT2D eigenvalue weighted by molar-refractivity contribution is -0.116. The Kier molecular flexibility index (Phi) is 5.78. The third-order valence-electron chi connectivity index (χ3n) is 3.03. The van der Waals surface area contributed by atoms with E-state index < -0.39 is 0 Å². The van der Waals surface area contributed by atoms with Crippen LogP contribution >= 0.6 is 11.6 Å². The molecular weight excluding hydrogens is 298 g/mol. The molecule has 0 saturated carbocycles. The Morgan fingerprint density at radius 2 is 1.91 bits per heavy atom. The van der Waals surface area contributed by atoms with E-state index >= 15 is 0 Å². The van der Waals surface area contributed by atoms with Crippen LogP contribution in [0.4, 0.5) is 11.5 Å². The van der Waals surface area contributed by atoms with E-state index in [1.165, 1.54) is 0 Å². The van der Waals surface area contributed by atoms with Crippen LogP contribution < -0.4 is 10.6 Å². The van der Waals surface area contributed by atoms with Gasteiger partial charge in [0, 0.05) is 18.0 Å². The van der Waals surface area contributed by atoms with Crippen molar-refractivity contribution < 1.29 is 4.79 Å². The van der Waals surface area contributed by atoms with Gasteiger partial charge in [-0.1, -0.05) is 37.6 Å². The molecular formula is C17H20ClN3O. The van der Waals surface area contributed by atoms with Crippen LogP contribution in [-0.2, 0) is 11.3 Å². The summed E-state index contributed by atoms with van der Waals surface area (Å²) in [6.07, 6.45) is 2.17. The lowest BCUT2D eigenvalue weighted by Gasteiger charge is -2.09. The summed E-state index contributed by atoms with van der Waals surface area (Å²) in [6, 6.07) is 11.3. The average molecular weight is 318 g/mol. The number of halogens is 1. The van der Waals surface area contributed by atoms with Crippen molar-refractivity contribution in [1.29, 1.82) is 0 Å². The molecule has 116 valence electrons. The van der Waals surface area contributed by atoms with Crippen LogP contribution in [0.25, 0.3) is 0 Å². The van der Waals surface area contributed by atoms with E-state index in [4.69, 9.17) is 11.6 Å². The highest BCUT2D eigenvalue weighted by molar-refractivity contribution is 6.30. The normalized spacial score (nSPS) is 10.5. The standard InChI is InChI=1S/C17H20ClN3O/c1-12(2)9-17(22)21-15-7-8-16(20-11-15)19-10-13-3-5-14(18)6-4-13/h3-8,11-12H,9-10H2,1-2H3,(H,19,20)(H,21,22). The number of carbonyl (C=O) groups is 1. The van der Waals surface area contributed by atoms with Crippen molar-refractivity contribution in [2.75, 3.05) is 10.6 Å². The number of anilines is 2. The molecule has 0 aliphatic rings. The Hall–Kier alpha value is -2.07. The zero-order valence-electron chi connectivity index (χ0n) is 12.8. The smallest absolute Gasteiger partial charge is 0.224 e. The fraction of sp³-hybridized carbons (Fsp3) is 0.294. The van der Waals surface area contributed by atoms with Crippen LogP contribution in [0.1, 0.15) is 25.8 Å². The van der Waals surface area contributed by atoms with Gasteiger partial charge in [-0.3, -0.25) is 4.79 Å². The number of nitrogens with zero attached hydrogens (tertiary/aromatic N) is 1. The SMILES string of the molecule is CC(C)CC(=O)Nc1ccc(NCc2ccc(Cl)cc2)nc1. The van der Waals surface area contributed by atoms with E-state index in [0.717, 1.165) is 16.4 Å². The highest BCUT2D eigenvalue weighted by Gasteiger charge is 2.05. The first kappa shape index (κ1) is 16.3. The molecule has 0 saturated heterocycles. The molecule has 0 aliphatic heterocycles. The number of amides is 1. The summed E-state index contributed by atoms with van der Waals surface area (Å²) in [5.41, 5.74) is 1.84. The van der Waals surface area contributed by atoms with Crippen molar-refractivity contribution in [3.63, 3.8) is 0 Å². The fourth-order valence-electron chi connectivity index (χ4n) is 1.95. The van der Waals surface area contributed by atoms with Crippen LogP contribution in [0.2, 0.25) is 5.02 Å². The Bertz CT molecular complexity index is 609. The predicted molar refractivity (Wildman–Crippen MR) is 91.1 cm³/mol. The molecule has 0 unspecified atom stereocenters. The van der Waals surface area contributed by atoms with Crippen LogP contribution in [0.15, 0.2) is 42.6 Å². The van der Waals surface area contributed by atoms with Crippen molar-refractivity contribution >= 4 is 29.0 Å². The predicted octanol–water partition coefficient (Wildman–Crippen LogP) is 4.33. The summed E-state index contributed by atoms with van der Waals surface area (Å²) in [5, 5.41) is 6.79. The first-order valence-corrected chi connectivity index (χ1v) is 7.65. The largest absolute Gasteiger partial charge is 0.366 e. The van der Waals surface area contributed by atoms with E-state index in [0.29, 0.717) is 24.6 Å². The van der Waals surface area contributed by atoms with Crippen molar-refractivity contribution in [2.45, 2.75) is 26.8 Å². The molecule has 4 nitrogen and oxygen atoms in total. The molecule has 0 radical (unpaired) electrons. The molecule has 2 N–H and O–H groups in total. The van der Waals surface area contributed by atoms with Gasteiger partial charge < -0.3 is 10.6 Å². The summed E-state index contributed by atoms with van der Waals surface area (Å²) in [4.78, 5) is 16.0.